The van der Waals surface area contributed by atoms with Crippen molar-refractivity contribution in [1.82, 2.24) is 9.78 Å². The van der Waals surface area contributed by atoms with Gasteiger partial charge in [0.2, 0.25) is 0 Å². The molecule has 0 aliphatic heterocycles. The summed E-state index contributed by atoms with van der Waals surface area (Å²) in [5, 5.41) is 4.65. The van der Waals surface area contributed by atoms with E-state index in [1.165, 1.54) is 49.8 Å². The van der Waals surface area contributed by atoms with Crippen LogP contribution in [0.15, 0.2) is 6.20 Å². The van der Waals surface area contributed by atoms with Crippen LogP contribution in [0.2, 0.25) is 0 Å². The lowest BCUT2D eigenvalue weighted by atomic mass is 9.78. The minimum Gasteiger partial charge on any atom is -0.322 e. The first-order valence-electron chi connectivity index (χ1n) is 6.89. The molecule has 0 radical (unpaired) electrons. The lowest BCUT2D eigenvalue weighted by Crippen LogP contribution is -2.30. The first-order chi connectivity index (χ1) is 8.10. The van der Waals surface area contributed by atoms with Gasteiger partial charge in [-0.2, -0.15) is 5.10 Å². The van der Waals surface area contributed by atoms with E-state index in [2.05, 4.69) is 18.2 Å². The molecule has 0 amide bonds. The van der Waals surface area contributed by atoms with Crippen LogP contribution >= 0.6 is 0 Å². The maximum absolute atomic E-state index is 6.54. The number of aromatic nitrogens is 2. The lowest BCUT2D eigenvalue weighted by molar-refractivity contribution is 0.259. The average molecular weight is 233 g/mol. The summed E-state index contributed by atoms with van der Waals surface area (Å²) in [5.41, 5.74) is 9.42. The number of rotatable bonds is 3. The highest BCUT2D eigenvalue weighted by Gasteiger charge is 2.40. The van der Waals surface area contributed by atoms with E-state index in [-0.39, 0.29) is 11.5 Å². The molecule has 2 aliphatic rings. The highest BCUT2D eigenvalue weighted by molar-refractivity contribution is 5.29. The molecule has 0 aromatic carbocycles. The third kappa shape index (κ3) is 1.90. The third-order valence-corrected chi connectivity index (χ3v) is 4.70. The molecule has 2 saturated carbocycles. The predicted molar refractivity (Wildman–Crippen MR) is 68.7 cm³/mol. The fourth-order valence-electron chi connectivity index (χ4n) is 3.30. The Morgan fingerprint density at radius 3 is 2.65 bits per heavy atom. The van der Waals surface area contributed by atoms with Crippen LogP contribution in [-0.4, -0.2) is 9.78 Å². The molecule has 3 rings (SSSR count). The molecule has 0 bridgehead atoms. The molecule has 1 aromatic heterocycles. The molecule has 2 N–H and O–H groups in total. The molecule has 17 heavy (non-hydrogen) atoms. The summed E-state index contributed by atoms with van der Waals surface area (Å²) in [5.74, 6) is 0.745. The minimum absolute atomic E-state index is 0.127. The van der Waals surface area contributed by atoms with Gasteiger partial charge in [0.25, 0.3) is 0 Å². The molecule has 1 atom stereocenters. The van der Waals surface area contributed by atoms with E-state index in [1.807, 2.05) is 11.7 Å². The first kappa shape index (κ1) is 11.3. The Morgan fingerprint density at radius 1 is 1.41 bits per heavy atom. The van der Waals surface area contributed by atoms with Gasteiger partial charge in [-0.1, -0.05) is 19.8 Å². The molecule has 3 heteroatoms. The largest absolute Gasteiger partial charge is 0.322 e. The number of nitrogens with two attached hydrogens (primary N) is 1. The zero-order valence-corrected chi connectivity index (χ0v) is 10.9. The van der Waals surface area contributed by atoms with Gasteiger partial charge in [0.1, 0.15) is 0 Å². The summed E-state index contributed by atoms with van der Waals surface area (Å²) < 4.78 is 1.95. The van der Waals surface area contributed by atoms with Gasteiger partial charge >= 0.3 is 0 Å². The van der Waals surface area contributed by atoms with Crippen molar-refractivity contribution in [3.63, 3.8) is 0 Å². The summed E-state index contributed by atoms with van der Waals surface area (Å²) in [7, 11) is 2.01. The number of hydrogen-bond donors (Lipinski definition) is 1. The van der Waals surface area contributed by atoms with Crippen molar-refractivity contribution in [3.05, 3.63) is 17.5 Å². The van der Waals surface area contributed by atoms with Crippen LogP contribution in [0, 0.1) is 5.41 Å². The summed E-state index contributed by atoms with van der Waals surface area (Å²) >= 11 is 0. The van der Waals surface area contributed by atoms with Crippen molar-refractivity contribution in [2.75, 3.05) is 0 Å². The summed E-state index contributed by atoms with van der Waals surface area (Å²) in [6.45, 7) is 2.34. The van der Waals surface area contributed by atoms with Crippen LogP contribution in [0.4, 0.5) is 0 Å². The summed E-state index contributed by atoms with van der Waals surface area (Å²) in [6.07, 6.45) is 10.0. The first-order valence-corrected chi connectivity index (χ1v) is 6.89. The second-order valence-electron chi connectivity index (χ2n) is 6.26. The van der Waals surface area contributed by atoms with Crippen LogP contribution in [0.1, 0.15) is 68.7 Å². The van der Waals surface area contributed by atoms with E-state index in [0.717, 1.165) is 5.92 Å². The van der Waals surface area contributed by atoms with E-state index in [4.69, 9.17) is 5.73 Å². The van der Waals surface area contributed by atoms with E-state index < -0.39 is 0 Å². The number of hydrogen-bond acceptors (Lipinski definition) is 2. The maximum atomic E-state index is 6.54. The van der Waals surface area contributed by atoms with Gasteiger partial charge in [-0.05, 0) is 42.6 Å². The van der Waals surface area contributed by atoms with Gasteiger partial charge < -0.3 is 5.73 Å². The Morgan fingerprint density at radius 2 is 2.06 bits per heavy atom. The smallest absolute Gasteiger partial charge is 0.0831 e. The SMILES string of the molecule is Cn1cc(C2CC2)c(C(N)C2(C)CCCC2)n1. The van der Waals surface area contributed by atoms with Crippen molar-refractivity contribution in [2.45, 2.75) is 57.4 Å². The van der Waals surface area contributed by atoms with Crippen molar-refractivity contribution < 1.29 is 0 Å². The van der Waals surface area contributed by atoms with E-state index in [0.29, 0.717) is 0 Å². The molecule has 1 heterocycles. The number of aryl methyl sites for hydroxylation is 1. The van der Waals surface area contributed by atoms with Crippen molar-refractivity contribution >= 4 is 0 Å². The maximum Gasteiger partial charge on any atom is 0.0831 e. The Kier molecular flexibility index (Phi) is 2.54. The van der Waals surface area contributed by atoms with E-state index in [9.17, 15) is 0 Å². The molecule has 1 aromatic rings. The van der Waals surface area contributed by atoms with Crippen LogP contribution in [-0.2, 0) is 7.05 Å². The number of nitrogens with zero attached hydrogens (tertiary/aromatic N) is 2. The van der Waals surface area contributed by atoms with Gasteiger partial charge in [0, 0.05) is 13.2 Å². The predicted octanol–water partition coefficient (Wildman–Crippen LogP) is 2.88. The molecule has 2 aliphatic carbocycles. The topological polar surface area (TPSA) is 43.8 Å². The van der Waals surface area contributed by atoms with Gasteiger partial charge in [-0.3, -0.25) is 4.68 Å². The molecular weight excluding hydrogens is 210 g/mol. The zero-order valence-electron chi connectivity index (χ0n) is 10.9. The fraction of sp³-hybridized carbons (Fsp3) is 0.786. The molecule has 0 saturated heterocycles. The van der Waals surface area contributed by atoms with E-state index in [1.54, 1.807) is 0 Å². The second-order valence-corrected chi connectivity index (χ2v) is 6.26. The van der Waals surface area contributed by atoms with Crippen molar-refractivity contribution in [2.24, 2.45) is 18.2 Å². The zero-order chi connectivity index (χ0) is 12.0. The Labute approximate surface area is 103 Å². The van der Waals surface area contributed by atoms with Crippen LogP contribution < -0.4 is 5.73 Å². The quantitative estimate of drug-likeness (QED) is 0.872. The van der Waals surface area contributed by atoms with Crippen molar-refractivity contribution in [3.8, 4) is 0 Å². The summed E-state index contributed by atoms with van der Waals surface area (Å²) in [4.78, 5) is 0. The summed E-state index contributed by atoms with van der Waals surface area (Å²) in [6, 6.07) is 0.127. The Bertz CT molecular complexity index is 411. The van der Waals surface area contributed by atoms with Gasteiger partial charge in [0.05, 0.1) is 11.7 Å². The van der Waals surface area contributed by atoms with Crippen LogP contribution in [0.5, 0.6) is 0 Å². The molecule has 94 valence electrons. The highest BCUT2D eigenvalue weighted by atomic mass is 15.3. The second kappa shape index (κ2) is 3.84. The minimum atomic E-state index is 0.127. The highest BCUT2D eigenvalue weighted by Crippen LogP contribution is 2.49. The van der Waals surface area contributed by atoms with Crippen LogP contribution in [0.3, 0.4) is 0 Å². The van der Waals surface area contributed by atoms with Gasteiger partial charge in [0.15, 0.2) is 0 Å². The monoisotopic (exact) mass is 233 g/mol. The van der Waals surface area contributed by atoms with Gasteiger partial charge in [-0.25, -0.2) is 0 Å². The molecule has 1 unspecified atom stereocenters. The molecule has 2 fully saturated rings. The van der Waals surface area contributed by atoms with Gasteiger partial charge in [-0.15, -0.1) is 0 Å². The van der Waals surface area contributed by atoms with Crippen LogP contribution in [0.25, 0.3) is 0 Å². The van der Waals surface area contributed by atoms with Crippen molar-refractivity contribution in [1.29, 1.82) is 0 Å². The van der Waals surface area contributed by atoms with E-state index >= 15 is 0 Å². The fourth-order valence-corrected chi connectivity index (χ4v) is 3.30. The Balaban J connectivity index is 1.92. The molecule has 3 nitrogen and oxygen atoms in total. The Hall–Kier alpha value is -0.830. The lowest BCUT2D eigenvalue weighted by Gasteiger charge is -2.30. The molecular formula is C14H23N3. The standard InChI is InChI=1S/C14H23N3/c1-14(7-3-4-8-14)13(15)12-11(10-5-6-10)9-17(2)16-12/h9-10,13H,3-8,15H2,1-2H3. The molecule has 0 spiro atoms. The average Bonchev–Trinajstić information content (AvgIpc) is 2.94. The normalized spacial score (nSPS) is 25.1. The third-order valence-electron chi connectivity index (χ3n) is 4.70.